The van der Waals surface area contributed by atoms with Gasteiger partial charge in [-0.25, -0.2) is 4.98 Å². The largest absolute Gasteiger partial charge is 0.346 e. The summed E-state index contributed by atoms with van der Waals surface area (Å²) in [6, 6.07) is 16.0. The van der Waals surface area contributed by atoms with E-state index >= 15 is 0 Å². The normalized spacial score (nSPS) is 11.5. The van der Waals surface area contributed by atoms with E-state index < -0.39 is 0 Å². The van der Waals surface area contributed by atoms with Gasteiger partial charge in [-0.1, -0.05) is 51.8 Å². The van der Waals surface area contributed by atoms with Crippen molar-refractivity contribution >= 4 is 22.3 Å². The Balaban J connectivity index is 1.55. The summed E-state index contributed by atoms with van der Waals surface area (Å²) in [6.07, 6.45) is 7.53. The number of fused-ring (bicyclic) bond motifs is 2. The number of unbranched alkanes of at least 4 members (excludes halogenated alkanes) is 2. The summed E-state index contributed by atoms with van der Waals surface area (Å²) in [7, 11) is 0. The number of imidazole rings is 1. The Bertz CT molecular complexity index is 1710. The predicted octanol–water partition coefficient (Wildman–Crippen LogP) is 6.33. The van der Waals surface area contributed by atoms with Crippen molar-refractivity contribution in [3.63, 3.8) is 0 Å². The average molecular weight is 522 g/mol. The number of aromatic nitrogens is 4. The second-order valence-corrected chi connectivity index (χ2v) is 10.5. The number of aromatic amines is 1. The molecule has 7 nitrogen and oxygen atoms in total. The molecule has 0 unspecified atom stereocenters. The van der Waals surface area contributed by atoms with E-state index in [1.54, 1.807) is 12.5 Å². The van der Waals surface area contributed by atoms with Gasteiger partial charge >= 0.3 is 0 Å². The molecule has 200 valence electrons. The SMILES string of the molecule is CCCCCc1cc(C)[nH]c(=O)c1CNC(=O)c1cc(-c2cccc3ncccc23)cc2c(C(C)C)ncn12. The zero-order chi connectivity index (χ0) is 27.5. The van der Waals surface area contributed by atoms with Crippen LogP contribution in [0.1, 0.15) is 79.0 Å². The molecule has 0 radical (unpaired) electrons. The lowest BCUT2D eigenvalue weighted by Crippen LogP contribution is -2.29. The zero-order valence-corrected chi connectivity index (χ0v) is 23.0. The fourth-order valence-electron chi connectivity index (χ4n) is 5.27. The van der Waals surface area contributed by atoms with E-state index in [0.717, 1.165) is 70.2 Å². The molecule has 0 saturated carbocycles. The number of carbonyl (C=O) groups is 1. The van der Waals surface area contributed by atoms with Crippen LogP contribution >= 0.6 is 0 Å². The van der Waals surface area contributed by atoms with Crippen LogP contribution in [-0.4, -0.2) is 25.3 Å². The maximum atomic E-state index is 13.7. The van der Waals surface area contributed by atoms with Crippen LogP contribution in [0.15, 0.2) is 65.8 Å². The number of nitrogens with zero attached hydrogens (tertiary/aromatic N) is 3. The van der Waals surface area contributed by atoms with Gasteiger partial charge in [0.1, 0.15) is 12.0 Å². The molecule has 4 aromatic heterocycles. The van der Waals surface area contributed by atoms with Gasteiger partial charge in [0, 0.05) is 29.4 Å². The third-order valence-electron chi connectivity index (χ3n) is 7.25. The average Bonchev–Trinajstić information content (AvgIpc) is 3.36. The van der Waals surface area contributed by atoms with Gasteiger partial charge in [0.2, 0.25) is 0 Å². The minimum Gasteiger partial charge on any atom is -0.346 e. The lowest BCUT2D eigenvalue weighted by atomic mass is 9.99. The highest BCUT2D eigenvalue weighted by Gasteiger charge is 2.19. The Labute approximate surface area is 228 Å². The second kappa shape index (κ2) is 11.2. The molecule has 1 aromatic carbocycles. The molecule has 2 N–H and O–H groups in total. The second-order valence-electron chi connectivity index (χ2n) is 10.5. The third-order valence-corrected chi connectivity index (χ3v) is 7.25. The molecule has 0 bridgehead atoms. The molecule has 0 atom stereocenters. The van der Waals surface area contributed by atoms with Gasteiger partial charge in [-0.2, -0.15) is 0 Å². The quantitative estimate of drug-likeness (QED) is 0.222. The Hall–Kier alpha value is -4.26. The third kappa shape index (κ3) is 5.35. The van der Waals surface area contributed by atoms with E-state index in [4.69, 9.17) is 0 Å². The molecule has 5 aromatic rings. The first-order valence-electron chi connectivity index (χ1n) is 13.7. The van der Waals surface area contributed by atoms with E-state index in [2.05, 4.69) is 53.2 Å². The lowest BCUT2D eigenvalue weighted by Gasteiger charge is -2.14. The maximum absolute atomic E-state index is 13.7. The van der Waals surface area contributed by atoms with E-state index in [0.29, 0.717) is 11.3 Å². The number of H-pyrrole nitrogens is 1. The lowest BCUT2D eigenvalue weighted by molar-refractivity contribution is 0.0944. The van der Waals surface area contributed by atoms with Crippen LogP contribution in [0.4, 0.5) is 0 Å². The molecule has 4 heterocycles. The molecular weight excluding hydrogens is 486 g/mol. The Morgan fingerprint density at radius 3 is 2.72 bits per heavy atom. The molecule has 5 rings (SSSR count). The molecule has 0 aliphatic carbocycles. The van der Waals surface area contributed by atoms with E-state index in [9.17, 15) is 9.59 Å². The number of rotatable bonds is 9. The first-order valence-corrected chi connectivity index (χ1v) is 13.7. The highest BCUT2D eigenvalue weighted by molar-refractivity contribution is 5.99. The number of hydrogen-bond acceptors (Lipinski definition) is 4. The van der Waals surface area contributed by atoms with Crippen molar-refractivity contribution in [3.05, 3.63) is 99.6 Å². The zero-order valence-electron chi connectivity index (χ0n) is 23.0. The van der Waals surface area contributed by atoms with Crippen molar-refractivity contribution in [3.8, 4) is 11.1 Å². The molecule has 0 fully saturated rings. The van der Waals surface area contributed by atoms with Gasteiger partial charge in [0.25, 0.3) is 11.5 Å². The van der Waals surface area contributed by atoms with Crippen LogP contribution in [0.25, 0.3) is 27.5 Å². The number of benzene rings is 1. The summed E-state index contributed by atoms with van der Waals surface area (Å²) >= 11 is 0. The van der Waals surface area contributed by atoms with Crippen LogP contribution < -0.4 is 10.9 Å². The van der Waals surface area contributed by atoms with E-state index in [-0.39, 0.29) is 23.9 Å². The Morgan fingerprint density at radius 2 is 1.92 bits per heavy atom. The summed E-state index contributed by atoms with van der Waals surface area (Å²) in [5.74, 6) is -0.0699. The van der Waals surface area contributed by atoms with Crippen LogP contribution in [0.5, 0.6) is 0 Å². The molecule has 0 aliphatic rings. The number of hydrogen-bond donors (Lipinski definition) is 2. The molecule has 1 amide bonds. The summed E-state index contributed by atoms with van der Waals surface area (Å²) in [5.41, 5.74) is 7.41. The van der Waals surface area contributed by atoms with Crippen LogP contribution in [-0.2, 0) is 13.0 Å². The fraction of sp³-hybridized carbons (Fsp3) is 0.312. The van der Waals surface area contributed by atoms with Gasteiger partial charge < -0.3 is 10.3 Å². The monoisotopic (exact) mass is 521 g/mol. The van der Waals surface area contributed by atoms with Crippen molar-refractivity contribution in [2.24, 2.45) is 0 Å². The van der Waals surface area contributed by atoms with Crippen molar-refractivity contribution < 1.29 is 4.79 Å². The Kier molecular flexibility index (Phi) is 7.59. The molecule has 7 heteroatoms. The van der Waals surface area contributed by atoms with Gasteiger partial charge in [0.15, 0.2) is 0 Å². The van der Waals surface area contributed by atoms with Crippen molar-refractivity contribution in [1.82, 2.24) is 24.7 Å². The Morgan fingerprint density at radius 1 is 1.08 bits per heavy atom. The van der Waals surface area contributed by atoms with Crippen LogP contribution in [0, 0.1) is 6.92 Å². The molecule has 0 spiro atoms. The number of pyridine rings is 3. The number of amides is 1. The minimum atomic E-state index is -0.257. The van der Waals surface area contributed by atoms with Gasteiger partial charge in [-0.3, -0.25) is 19.0 Å². The standard InChI is InChI=1S/C32H35N5O2/c1-5-6-7-10-22-15-21(4)36-31(38)26(22)18-34-32(39)29-17-23(16-28-30(20(2)3)35-19-37(28)29)24-11-8-13-27-25(24)12-9-14-33-27/h8-9,11-17,19-20H,5-7,10,18H2,1-4H3,(H,34,39)(H,36,38). The predicted molar refractivity (Wildman–Crippen MR) is 156 cm³/mol. The summed E-state index contributed by atoms with van der Waals surface area (Å²) in [4.78, 5) is 38.6. The van der Waals surface area contributed by atoms with Gasteiger partial charge in [-0.15, -0.1) is 0 Å². The highest BCUT2D eigenvalue weighted by atomic mass is 16.2. The molecular formula is C32H35N5O2. The van der Waals surface area contributed by atoms with E-state index in [1.165, 1.54) is 0 Å². The van der Waals surface area contributed by atoms with Crippen LogP contribution in [0.3, 0.4) is 0 Å². The summed E-state index contributed by atoms with van der Waals surface area (Å²) in [5, 5.41) is 4.05. The number of carbonyl (C=O) groups excluding carboxylic acids is 1. The maximum Gasteiger partial charge on any atom is 0.268 e. The van der Waals surface area contributed by atoms with Crippen molar-refractivity contribution in [1.29, 1.82) is 0 Å². The number of aryl methyl sites for hydroxylation is 2. The van der Waals surface area contributed by atoms with Crippen molar-refractivity contribution in [2.75, 3.05) is 0 Å². The van der Waals surface area contributed by atoms with Gasteiger partial charge in [-0.05, 0) is 72.7 Å². The highest BCUT2D eigenvalue weighted by Crippen LogP contribution is 2.31. The summed E-state index contributed by atoms with van der Waals surface area (Å²) in [6.45, 7) is 8.41. The molecule has 0 saturated heterocycles. The smallest absolute Gasteiger partial charge is 0.268 e. The number of nitrogens with one attached hydrogen (secondary N) is 2. The topological polar surface area (TPSA) is 92.1 Å². The van der Waals surface area contributed by atoms with Crippen molar-refractivity contribution in [2.45, 2.75) is 65.8 Å². The first kappa shape index (κ1) is 26.4. The first-order chi connectivity index (χ1) is 18.9. The summed E-state index contributed by atoms with van der Waals surface area (Å²) < 4.78 is 1.85. The molecule has 39 heavy (non-hydrogen) atoms. The fourth-order valence-corrected chi connectivity index (χ4v) is 5.27. The van der Waals surface area contributed by atoms with Gasteiger partial charge in [0.05, 0.1) is 16.7 Å². The molecule has 0 aliphatic heterocycles. The van der Waals surface area contributed by atoms with E-state index in [1.807, 2.05) is 47.7 Å². The van der Waals surface area contributed by atoms with Crippen LogP contribution in [0.2, 0.25) is 0 Å². The minimum absolute atomic E-state index is 0.145.